The van der Waals surface area contributed by atoms with Crippen molar-refractivity contribution in [2.24, 2.45) is 0 Å². The van der Waals surface area contributed by atoms with E-state index in [1.54, 1.807) is 18.2 Å². The molecule has 0 aliphatic rings. The van der Waals surface area contributed by atoms with Gasteiger partial charge >= 0.3 is 0 Å². The highest BCUT2D eigenvalue weighted by Crippen LogP contribution is 2.44. The van der Waals surface area contributed by atoms with Crippen LogP contribution in [0.4, 0.5) is 0 Å². The minimum Gasteiger partial charge on any atom is -0.506 e. The molecule has 0 unspecified atom stereocenters. The van der Waals surface area contributed by atoms with Crippen LogP contribution in [-0.2, 0) is 94.7 Å². The average Bonchev–Trinajstić information content (AvgIpc) is 1.78. The fourth-order valence-electron chi connectivity index (χ4n) is 10.9. The monoisotopic (exact) mass is 1670 g/mol. The molecule has 30 nitrogen and oxygen atoms in total. The van der Waals surface area contributed by atoms with Crippen LogP contribution in [0, 0.1) is 0 Å². The number of ketones is 1. The SMILES string of the molecule is CCCCCCCCOc1c(OCCOCCOCCOCCOCCOCC)cc(-c2ccc(C(=O)/C=C(\O)c3ccc(-c4cc(OCCOCCOCCOCCOCCOCC)c(OCCCCCCCC)c(OCCOCCOCCOCCOCCOCC)c4)[nH]3)[nH]2)cc1OCCOCCOCCOCCOCCOCC. The van der Waals surface area contributed by atoms with Crippen LogP contribution < -0.4 is 28.4 Å². The topological polar surface area (TPSA) is 309 Å². The number of aromatic nitrogens is 2. The van der Waals surface area contributed by atoms with Crippen LogP contribution in [0.2, 0.25) is 0 Å². The molecule has 2 heterocycles. The molecule has 2 aromatic carbocycles. The third-order valence-electron chi connectivity index (χ3n) is 17.0. The third kappa shape index (κ3) is 54.3. The second-order valence-electron chi connectivity index (χ2n) is 26.3. The van der Waals surface area contributed by atoms with Gasteiger partial charge < -0.3 is 138 Å². The highest BCUT2D eigenvalue weighted by atomic mass is 16.6. The van der Waals surface area contributed by atoms with Crippen molar-refractivity contribution in [2.45, 2.75) is 119 Å². The van der Waals surface area contributed by atoms with Gasteiger partial charge in [-0.3, -0.25) is 4.79 Å². The van der Waals surface area contributed by atoms with E-state index in [-0.39, 0.29) is 70.0 Å². The quantitative estimate of drug-likeness (QED) is 0.0160. The maximum Gasteiger partial charge on any atom is 0.205 e. The summed E-state index contributed by atoms with van der Waals surface area (Å²) < 4.78 is 152. The molecule has 0 spiro atoms. The molecule has 0 fully saturated rings. The van der Waals surface area contributed by atoms with Crippen LogP contribution in [0.3, 0.4) is 0 Å². The van der Waals surface area contributed by atoms with Crippen LogP contribution in [0.5, 0.6) is 34.5 Å². The number of hydrogen-bond acceptors (Lipinski definition) is 28. The van der Waals surface area contributed by atoms with Gasteiger partial charge in [0.1, 0.15) is 32.2 Å². The number of ether oxygens (including phenoxy) is 26. The van der Waals surface area contributed by atoms with E-state index in [0.717, 1.165) is 64.2 Å². The van der Waals surface area contributed by atoms with Crippen molar-refractivity contribution in [3.05, 3.63) is 66.0 Å². The summed E-state index contributed by atoms with van der Waals surface area (Å²) in [6, 6.07) is 14.4. The maximum absolute atomic E-state index is 14.3. The second kappa shape index (κ2) is 76.4. The molecule has 672 valence electrons. The Morgan fingerprint density at radius 1 is 0.256 bits per heavy atom. The molecule has 4 rings (SSSR count). The van der Waals surface area contributed by atoms with Crippen LogP contribution in [0.25, 0.3) is 28.3 Å². The molecule has 0 saturated carbocycles. The summed E-state index contributed by atoms with van der Waals surface area (Å²) in [6.07, 6.45) is 14.1. The van der Waals surface area contributed by atoms with E-state index in [1.165, 1.54) is 18.9 Å². The summed E-state index contributed by atoms with van der Waals surface area (Å²) in [7, 11) is 0. The molecule has 117 heavy (non-hydrogen) atoms. The molecule has 2 aromatic heterocycles. The van der Waals surface area contributed by atoms with E-state index in [2.05, 4.69) is 23.8 Å². The summed E-state index contributed by atoms with van der Waals surface area (Å²) in [4.78, 5) is 20.9. The van der Waals surface area contributed by atoms with Crippen molar-refractivity contribution in [1.82, 2.24) is 9.97 Å². The van der Waals surface area contributed by atoms with Gasteiger partial charge in [-0.1, -0.05) is 78.1 Å². The zero-order valence-electron chi connectivity index (χ0n) is 71.7. The number of aromatic amines is 2. The Bertz CT molecular complexity index is 2820. The van der Waals surface area contributed by atoms with Gasteiger partial charge in [0, 0.05) is 55.0 Å². The smallest absolute Gasteiger partial charge is 0.205 e. The van der Waals surface area contributed by atoms with Gasteiger partial charge in [-0.2, -0.15) is 0 Å². The summed E-state index contributed by atoms with van der Waals surface area (Å²) in [5, 5.41) is 11.8. The van der Waals surface area contributed by atoms with Gasteiger partial charge in [0.2, 0.25) is 17.3 Å². The number of carbonyl (C=O) groups excluding carboxylic acids is 1. The Morgan fingerprint density at radius 2 is 0.470 bits per heavy atom. The highest BCUT2D eigenvalue weighted by Gasteiger charge is 2.22. The molecule has 0 aliphatic carbocycles. The fourth-order valence-corrected chi connectivity index (χ4v) is 10.9. The van der Waals surface area contributed by atoms with Gasteiger partial charge in [0.15, 0.2) is 23.0 Å². The summed E-state index contributed by atoms with van der Waals surface area (Å²) >= 11 is 0. The number of aliphatic hydroxyl groups is 1. The lowest BCUT2D eigenvalue weighted by atomic mass is 10.1. The number of hydrogen-bond donors (Lipinski definition) is 3. The van der Waals surface area contributed by atoms with Crippen LogP contribution >= 0.6 is 0 Å². The molecular formula is C87H146N2O28. The number of nitrogens with one attached hydrogen (secondary N) is 2. The minimum absolute atomic E-state index is 0.179. The van der Waals surface area contributed by atoms with Crippen LogP contribution in [0.15, 0.2) is 54.6 Å². The van der Waals surface area contributed by atoms with E-state index in [4.69, 9.17) is 123 Å². The number of allylic oxidation sites excluding steroid dienone is 1. The third-order valence-corrected chi connectivity index (χ3v) is 17.0. The first kappa shape index (κ1) is 104. The van der Waals surface area contributed by atoms with E-state index >= 15 is 0 Å². The fraction of sp³-hybridized carbons (Fsp3) is 0.736. The lowest BCUT2D eigenvalue weighted by Gasteiger charge is -2.19. The van der Waals surface area contributed by atoms with E-state index in [1.807, 2.05) is 58.0 Å². The van der Waals surface area contributed by atoms with Crippen LogP contribution in [0.1, 0.15) is 135 Å². The number of benzene rings is 2. The standard InChI is InChI=1S/C87H146N2O28/c1-7-13-15-17-19-21-27-116-86-82(112-65-61-108-57-53-104-49-45-100-41-37-96-33-29-92-9-3)69-74(70-83(86)113-66-62-109-58-54-105-50-46-101-42-38-97-34-30-93-10-4)76-23-25-78(88-76)80(90)73-81(91)79-26-24-77(89-79)75-71-84(114-67-63-110-59-55-106-51-47-102-43-39-98-35-31-94-11-5)87(117-28-22-20-18-16-14-8-2)85(72-75)115-68-64-111-60-56-107-52-48-103-44-40-99-36-32-95-12-6/h23-26,69-73,88-90H,7-22,27-68H2,1-6H3/b80-73-. The maximum atomic E-state index is 14.3. The lowest BCUT2D eigenvalue weighted by molar-refractivity contribution is -0.0122. The van der Waals surface area contributed by atoms with Crippen molar-refractivity contribution in [2.75, 3.05) is 304 Å². The molecule has 4 aromatic rings. The van der Waals surface area contributed by atoms with Crippen molar-refractivity contribution in [3.63, 3.8) is 0 Å². The van der Waals surface area contributed by atoms with Crippen molar-refractivity contribution in [3.8, 4) is 57.0 Å². The number of rotatable bonds is 89. The first-order chi connectivity index (χ1) is 57.9. The Hall–Kier alpha value is -5.79. The largest absolute Gasteiger partial charge is 0.506 e. The molecule has 30 heteroatoms. The Labute approximate surface area is 697 Å². The van der Waals surface area contributed by atoms with Crippen molar-refractivity contribution in [1.29, 1.82) is 0 Å². The second-order valence-corrected chi connectivity index (χ2v) is 26.3. The molecule has 0 atom stereocenters. The minimum atomic E-state index is -0.484. The summed E-state index contributed by atoms with van der Waals surface area (Å²) in [5.74, 6) is 1.78. The van der Waals surface area contributed by atoms with Gasteiger partial charge in [-0.05, 0) is 89.1 Å². The molecule has 0 amide bonds. The van der Waals surface area contributed by atoms with Gasteiger partial charge in [0.05, 0.1) is 262 Å². The van der Waals surface area contributed by atoms with Crippen molar-refractivity contribution < 1.29 is 133 Å². The molecular weight excluding hydrogens is 1520 g/mol. The van der Waals surface area contributed by atoms with Gasteiger partial charge in [0.25, 0.3) is 0 Å². The Morgan fingerprint density at radius 3 is 0.718 bits per heavy atom. The average molecular weight is 1670 g/mol. The molecule has 0 bridgehead atoms. The number of H-pyrrole nitrogens is 2. The number of aliphatic hydroxyl groups excluding tert-OH is 1. The predicted octanol–water partition coefficient (Wildman–Crippen LogP) is 12.9. The van der Waals surface area contributed by atoms with E-state index in [0.29, 0.717) is 308 Å². The van der Waals surface area contributed by atoms with Crippen molar-refractivity contribution >= 4 is 11.5 Å². The Balaban J connectivity index is 1.54. The Kier molecular flexibility index (Phi) is 67.6. The molecule has 0 saturated heterocycles. The highest BCUT2D eigenvalue weighted by molar-refractivity contribution is 6.07. The van der Waals surface area contributed by atoms with E-state index in [9.17, 15) is 9.90 Å². The van der Waals surface area contributed by atoms with Gasteiger partial charge in [-0.15, -0.1) is 0 Å². The molecule has 0 aliphatic heterocycles. The summed E-state index contributed by atoms with van der Waals surface area (Å²) in [5.41, 5.74) is 2.97. The zero-order valence-corrected chi connectivity index (χ0v) is 71.7. The van der Waals surface area contributed by atoms with E-state index < -0.39 is 5.78 Å². The van der Waals surface area contributed by atoms with Gasteiger partial charge in [-0.25, -0.2) is 0 Å². The lowest BCUT2D eigenvalue weighted by Crippen LogP contribution is -2.15. The molecule has 3 N–H and O–H groups in total. The first-order valence-corrected chi connectivity index (χ1v) is 42.9. The number of unbranched alkanes of at least 4 members (excludes halogenated alkanes) is 10. The van der Waals surface area contributed by atoms with Crippen LogP contribution in [-0.4, -0.2) is 325 Å². The molecule has 0 radical (unpaired) electrons. The predicted molar refractivity (Wildman–Crippen MR) is 446 cm³/mol. The number of carbonyl (C=O) groups is 1. The zero-order chi connectivity index (χ0) is 83.3. The normalized spacial score (nSPS) is 11.7. The first-order valence-electron chi connectivity index (χ1n) is 42.9. The summed E-state index contributed by atoms with van der Waals surface area (Å²) in [6.45, 7) is 31.9.